The first kappa shape index (κ1) is 15.6. The lowest BCUT2D eigenvalue weighted by Crippen LogP contribution is -2.58. The second-order valence-electron chi connectivity index (χ2n) is 6.39. The van der Waals surface area contributed by atoms with Crippen molar-refractivity contribution in [2.24, 2.45) is 11.7 Å². The standard InChI is InChI=1S/C13H26N2O2S2/c1-11-4-3-5-13(14,8-11)10-15-6-7-18-9-12(15)19(2,16)17/h11-12H,3-10,14H2,1-2H3. The van der Waals surface area contributed by atoms with E-state index in [1.165, 1.54) is 19.1 Å². The largest absolute Gasteiger partial charge is 0.324 e. The van der Waals surface area contributed by atoms with Crippen molar-refractivity contribution in [3.05, 3.63) is 0 Å². The van der Waals surface area contributed by atoms with Gasteiger partial charge in [-0.1, -0.05) is 19.8 Å². The van der Waals surface area contributed by atoms with Gasteiger partial charge < -0.3 is 5.73 Å². The molecular formula is C13H26N2O2S2. The van der Waals surface area contributed by atoms with Gasteiger partial charge in [-0.05, 0) is 18.8 Å². The van der Waals surface area contributed by atoms with Gasteiger partial charge in [-0.25, -0.2) is 8.42 Å². The normalized spacial score (nSPS) is 38.3. The maximum absolute atomic E-state index is 11.9. The Morgan fingerprint density at radius 3 is 2.84 bits per heavy atom. The monoisotopic (exact) mass is 306 g/mol. The summed E-state index contributed by atoms with van der Waals surface area (Å²) in [7, 11) is -3.02. The second kappa shape index (κ2) is 5.92. The molecule has 0 bridgehead atoms. The molecule has 1 aliphatic heterocycles. The van der Waals surface area contributed by atoms with Crippen LogP contribution in [0, 0.1) is 5.92 Å². The Hall–Kier alpha value is 0.220. The summed E-state index contributed by atoms with van der Waals surface area (Å²) in [6.45, 7) is 3.83. The van der Waals surface area contributed by atoms with E-state index < -0.39 is 9.84 Å². The van der Waals surface area contributed by atoms with Crippen LogP contribution in [0.15, 0.2) is 0 Å². The molecule has 2 aliphatic rings. The van der Waals surface area contributed by atoms with Crippen LogP contribution in [0.2, 0.25) is 0 Å². The third-order valence-electron chi connectivity index (χ3n) is 4.33. The van der Waals surface area contributed by atoms with Gasteiger partial charge in [0.05, 0.1) is 0 Å². The maximum atomic E-state index is 11.9. The third kappa shape index (κ3) is 4.09. The average molecular weight is 306 g/mol. The highest BCUT2D eigenvalue weighted by molar-refractivity contribution is 8.00. The molecular weight excluding hydrogens is 280 g/mol. The molecule has 1 aliphatic carbocycles. The van der Waals surface area contributed by atoms with E-state index in [-0.39, 0.29) is 10.9 Å². The smallest absolute Gasteiger partial charge is 0.164 e. The molecule has 19 heavy (non-hydrogen) atoms. The van der Waals surface area contributed by atoms with E-state index in [4.69, 9.17) is 5.73 Å². The summed E-state index contributed by atoms with van der Waals surface area (Å²) in [5, 5.41) is -0.344. The zero-order chi connectivity index (χ0) is 14.1. The minimum absolute atomic E-state index is 0.192. The molecule has 3 unspecified atom stereocenters. The van der Waals surface area contributed by atoms with Crippen molar-refractivity contribution >= 4 is 21.6 Å². The van der Waals surface area contributed by atoms with Gasteiger partial charge in [0.2, 0.25) is 0 Å². The van der Waals surface area contributed by atoms with Crippen LogP contribution in [-0.2, 0) is 9.84 Å². The van der Waals surface area contributed by atoms with Gasteiger partial charge in [-0.3, -0.25) is 4.90 Å². The van der Waals surface area contributed by atoms with Crippen molar-refractivity contribution in [3.63, 3.8) is 0 Å². The molecule has 0 radical (unpaired) electrons. The Morgan fingerprint density at radius 2 is 2.21 bits per heavy atom. The zero-order valence-electron chi connectivity index (χ0n) is 12.0. The fraction of sp³-hybridized carbons (Fsp3) is 1.00. The Balaban J connectivity index is 2.07. The van der Waals surface area contributed by atoms with E-state index in [0.717, 1.165) is 31.7 Å². The molecule has 3 atom stereocenters. The molecule has 0 amide bonds. The predicted octanol–water partition coefficient (Wildman–Crippen LogP) is 1.31. The number of thioether (sulfide) groups is 1. The maximum Gasteiger partial charge on any atom is 0.164 e. The van der Waals surface area contributed by atoms with E-state index in [0.29, 0.717) is 11.7 Å². The number of nitrogens with two attached hydrogens (primary N) is 1. The molecule has 2 N–H and O–H groups in total. The molecule has 0 aromatic carbocycles. The van der Waals surface area contributed by atoms with Crippen molar-refractivity contribution < 1.29 is 8.42 Å². The first-order valence-corrected chi connectivity index (χ1v) is 10.2. The summed E-state index contributed by atoms with van der Waals surface area (Å²) in [6.07, 6.45) is 5.82. The van der Waals surface area contributed by atoms with Crippen molar-refractivity contribution in [2.45, 2.75) is 43.5 Å². The summed E-state index contributed by atoms with van der Waals surface area (Å²) < 4.78 is 23.8. The number of hydrogen-bond acceptors (Lipinski definition) is 5. The van der Waals surface area contributed by atoms with Gasteiger partial charge in [0.15, 0.2) is 9.84 Å². The van der Waals surface area contributed by atoms with Crippen molar-refractivity contribution in [2.75, 3.05) is 30.9 Å². The third-order valence-corrected chi connectivity index (χ3v) is 7.02. The Morgan fingerprint density at radius 1 is 1.47 bits per heavy atom. The lowest BCUT2D eigenvalue weighted by Gasteiger charge is -2.43. The molecule has 1 saturated carbocycles. The molecule has 6 heteroatoms. The summed E-state index contributed by atoms with van der Waals surface area (Å²) in [4.78, 5) is 2.11. The summed E-state index contributed by atoms with van der Waals surface area (Å²) >= 11 is 1.73. The molecule has 1 heterocycles. The minimum Gasteiger partial charge on any atom is -0.324 e. The van der Waals surface area contributed by atoms with Crippen LogP contribution < -0.4 is 5.73 Å². The first-order chi connectivity index (χ1) is 8.80. The Labute approximate surface area is 121 Å². The fourth-order valence-electron chi connectivity index (χ4n) is 3.44. The van der Waals surface area contributed by atoms with E-state index in [2.05, 4.69) is 11.8 Å². The average Bonchev–Trinajstić information content (AvgIpc) is 2.27. The van der Waals surface area contributed by atoms with Crippen molar-refractivity contribution in [3.8, 4) is 0 Å². The fourth-order valence-corrected chi connectivity index (χ4v) is 6.38. The highest BCUT2D eigenvalue weighted by atomic mass is 32.2. The van der Waals surface area contributed by atoms with E-state index in [9.17, 15) is 8.42 Å². The molecule has 4 nitrogen and oxygen atoms in total. The summed E-state index contributed by atoms with van der Waals surface area (Å²) in [5.41, 5.74) is 6.35. The van der Waals surface area contributed by atoms with Crippen LogP contribution in [0.5, 0.6) is 0 Å². The number of rotatable bonds is 3. The molecule has 2 fully saturated rings. The molecule has 0 spiro atoms. The van der Waals surface area contributed by atoms with Gasteiger partial charge in [-0.2, -0.15) is 11.8 Å². The van der Waals surface area contributed by atoms with E-state index in [1.807, 2.05) is 0 Å². The summed E-state index contributed by atoms with van der Waals surface area (Å²) in [5.74, 6) is 2.36. The van der Waals surface area contributed by atoms with E-state index >= 15 is 0 Å². The van der Waals surface area contributed by atoms with Gasteiger partial charge in [0, 0.05) is 36.4 Å². The molecule has 0 aromatic heterocycles. The molecule has 2 rings (SSSR count). The number of hydrogen-bond donors (Lipinski definition) is 1. The predicted molar refractivity (Wildman–Crippen MR) is 82.1 cm³/mol. The van der Waals surface area contributed by atoms with Crippen LogP contribution >= 0.6 is 11.8 Å². The topological polar surface area (TPSA) is 63.4 Å². The number of nitrogens with zero attached hydrogens (tertiary/aromatic N) is 1. The summed E-state index contributed by atoms with van der Waals surface area (Å²) in [6, 6.07) is 0. The van der Waals surface area contributed by atoms with Crippen LogP contribution in [0.1, 0.15) is 32.6 Å². The minimum atomic E-state index is -3.02. The van der Waals surface area contributed by atoms with E-state index in [1.54, 1.807) is 11.8 Å². The van der Waals surface area contributed by atoms with Gasteiger partial charge in [-0.15, -0.1) is 0 Å². The highest BCUT2D eigenvalue weighted by Gasteiger charge is 2.38. The number of sulfone groups is 1. The quantitative estimate of drug-likeness (QED) is 0.852. The van der Waals surface area contributed by atoms with Crippen LogP contribution in [0.25, 0.3) is 0 Å². The lowest BCUT2D eigenvalue weighted by atomic mass is 9.77. The lowest BCUT2D eigenvalue weighted by molar-refractivity contribution is 0.148. The SMILES string of the molecule is CC1CCCC(N)(CN2CCSCC2S(C)(=O)=O)C1. The molecule has 0 aromatic rings. The van der Waals surface area contributed by atoms with Gasteiger partial charge in [0.1, 0.15) is 5.37 Å². The van der Waals surface area contributed by atoms with Crippen molar-refractivity contribution in [1.29, 1.82) is 0 Å². The Kier molecular flexibility index (Phi) is 4.86. The zero-order valence-corrected chi connectivity index (χ0v) is 13.6. The highest BCUT2D eigenvalue weighted by Crippen LogP contribution is 2.32. The Bertz CT molecular complexity index is 413. The molecule has 112 valence electrons. The first-order valence-electron chi connectivity index (χ1n) is 7.10. The molecule has 1 saturated heterocycles. The van der Waals surface area contributed by atoms with Crippen LogP contribution in [0.4, 0.5) is 0 Å². The van der Waals surface area contributed by atoms with Crippen LogP contribution in [0.3, 0.4) is 0 Å². The van der Waals surface area contributed by atoms with Gasteiger partial charge in [0.25, 0.3) is 0 Å². The van der Waals surface area contributed by atoms with Crippen molar-refractivity contribution in [1.82, 2.24) is 4.90 Å². The van der Waals surface area contributed by atoms with Crippen LogP contribution in [-0.4, -0.2) is 55.1 Å². The van der Waals surface area contributed by atoms with Gasteiger partial charge >= 0.3 is 0 Å². The second-order valence-corrected chi connectivity index (χ2v) is 9.75.